The Morgan fingerprint density at radius 2 is 1.80 bits per heavy atom. The number of carbonyl (C=O) groups excluding carboxylic acids is 3. The van der Waals surface area contributed by atoms with Crippen LogP contribution in [0.5, 0.6) is 11.5 Å². The predicted octanol–water partition coefficient (Wildman–Crippen LogP) is 4.74. The SMILES string of the molecule is Cc1ccc(NC(=O)C[C@@H]2C(=O)N(c3ccccc3)C(=O)N2Cc2ccc3c(c2)OCO3)cc1Cl. The minimum absolute atomic E-state index is 0.124. The van der Waals surface area contributed by atoms with E-state index in [1.807, 2.05) is 13.0 Å². The third kappa shape index (κ3) is 4.52. The molecule has 1 N–H and O–H groups in total. The summed E-state index contributed by atoms with van der Waals surface area (Å²) in [5.74, 6) is 0.336. The molecule has 0 radical (unpaired) electrons. The van der Waals surface area contributed by atoms with E-state index in [4.69, 9.17) is 21.1 Å². The summed E-state index contributed by atoms with van der Waals surface area (Å²) in [6.45, 7) is 2.12. The molecule has 0 aromatic heterocycles. The smallest absolute Gasteiger partial charge is 0.332 e. The number of ether oxygens (including phenoxy) is 2. The van der Waals surface area contributed by atoms with Crippen LogP contribution in [-0.4, -0.2) is 35.6 Å². The van der Waals surface area contributed by atoms with Crippen LogP contribution in [0.2, 0.25) is 5.02 Å². The number of amides is 4. The summed E-state index contributed by atoms with van der Waals surface area (Å²) >= 11 is 6.17. The zero-order valence-corrected chi connectivity index (χ0v) is 19.6. The number of para-hydroxylation sites is 1. The van der Waals surface area contributed by atoms with Crippen molar-refractivity contribution in [3.05, 3.63) is 82.9 Å². The average molecular weight is 492 g/mol. The van der Waals surface area contributed by atoms with Crippen molar-refractivity contribution < 1.29 is 23.9 Å². The molecule has 1 saturated heterocycles. The van der Waals surface area contributed by atoms with E-state index in [-0.39, 0.29) is 19.8 Å². The van der Waals surface area contributed by atoms with Gasteiger partial charge in [-0.25, -0.2) is 9.69 Å². The van der Waals surface area contributed by atoms with E-state index in [9.17, 15) is 14.4 Å². The molecule has 2 aliphatic heterocycles. The maximum Gasteiger partial charge on any atom is 0.332 e. The van der Waals surface area contributed by atoms with Crippen molar-refractivity contribution in [1.82, 2.24) is 4.90 Å². The molecule has 3 aromatic rings. The summed E-state index contributed by atoms with van der Waals surface area (Å²) in [5, 5.41) is 3.30. The number of benzene rings is 3. The van der Waals surface area contributed by atoms with Crippen molar-refractivity contribution in [1.29, 1.82) is 0 Å². The fourth-order valence-corrected chi connectivity index (χ4v) is 4.30. The number of hydrogen-bond donors (Lipinski definition) is 1. The summed E-state index contributed by atoms with van der Waals surface area (Å²) < 4.78 is 10.8. The lowest BCUT2D eigenvalue weighted by atomic mass is 10.1. The Bertz CT molecular complexity index is 1310. The van der Waals surface area contributed by atoms with E-state index in [0.29, 0.717) is 27.9 Å². The van der Waals surface area contributed by atoms with Crippen molar-refractivity contribution in [2.45, 2.75) is 25.9 Å². The fourth-order valence-electron chi connectivity index (χ4n) is 4.12. The highest BCUT2D eigenvalue weighted by Crippen LogP contribution is 2.34. The number of carbonyl (C=O) groups is 3. The molecule has 0 unspecified atom stereocenters. The minimum atomic E-state index is -0.978. The van der Waals surface area contributed by atoms with Gasteiger partial charge in [-0.3, -0.25) is 9.59 Å². The van der Waals surface area contributed by atoms with Crippen LogP contribution in [0.1, 0.15) is 17.5 Å². The number of nitrogens with one attached hydrogen (secondary N) is 1. The number of nitrogens with zero attached hydrogens (tertiary/aromatic N) is 2. The first-order chi connectivity index (χ1) is 16.9. The molecule has 4 amide bonds. The molecule has 0 bridgehead atoms. The van der Waals surface area contributed by atoms with Crippen LogP contribution in [0.4, 0.5) is 16.2 Å². The zero-order valence-electron chi connectivity index (χ0n) is 18.9. The molecular formula is C26H22ClN3O5. The van der Waals surface area contributed by atoms with Gasteiger partial charge in [-0.15, -0.1) is 0 Å². The van der Waals surface area contributed by atoms with Crippen LogP contribution >= 0.6 is 11.6 Å². The molecule has 0 spiro atoms. The largest absolute Gasteiger partial charge is 0.454 e. The third-order valence-electron chi connectivity index (χ3n) is 5.96. The molecule has 9 heteroatoms. The van der Waals surface area contributed by atoms with E-state index in [0.717, 1.165) is 16.0 Å². The van der Waals surface area contributed by atoms with Crippen molar-refractivity contribution in [2.75, 3.05) is 17.0 Å². The molecule has 1 fully saturated rings. The molecule has 0 aliphatic carbocycles. The highest BCUT2D eigenvalue weighted by molar-refractivity contribution is 6.31. The van der Waals surface area contributed by atoms with Gasteiger partial charge in [0.1, 0.15) is 6.04 Å². The molecule has 8 nitrogen and oxygen atoms in total. The second kappa shape index (κ2) is 9.31. The summed E-state index contributed by atoms with van der Waals surface area (Å²) in [6.07, 6.45) is -0.204. The lowest BCUT2D eigenvalue weighted by Crippen LogP contribution is -2.37. The Hall–Kier alpha value is -4.04. The maximum absolute atomic E-state index is 13.4. The summed E-state index contributed by atoms with van der Waals surface area (Å²) in [5.41, 5.74) is 2.60. The van der Waals surface area contributed by atoms with E-state index in [1.54, 1.807) is 60.7 Å². The number of aryl methyl sites for hydroxylation is 1. The zero-order chi connectivity index (χ0) is 24.5. The Kier molecular flexibility index (Phi) is 6.05. The highest BCUT2D eigenvalue weighted by atomic mass is 35.5. The van der Waals surface area contributed by atoms with Crippen LogP contribution in [-0.2, 0) is 16.1 Å². The molecule has 178 valence electrons. The molecule has 2 heterocycles. The monoisotopic (exact) mass is 491 g/mol. The van der Waals surface area contributed by atoms with E-state index in [1.165, 1.54) is 4.90 Å². The normalized spacial score (nSPS) is 16.7. The van der Waals surface area contributed by atoms with E-state index < -0.39 is 23.9 Å². The van der Waals surface area contributed by atoms with E-state index in [2.05, 4.69) is 5.32 Å². The molecule has 3 aromatic carbocycles. The lowest BCUT2D eigenvalue weighted by molar-refractivity contribution is -0.124. The molecule has 2 aliphatic rings. The minimum Gasteiger partial charge on any atom is -0.454 e. The van der Waals surface area contributed by atoms with Crippen LogP contribution in [0.15, 0.2) is 66.7 Å². The number of fused-ring (bicyclic) bond motifs is 1. The van der Waals surface area contributed by atoms with Gasteiger partial charge in [0.2, 0.25) is 12.7 Å². The summed E-state index contributed by atoms with van der Waals surface area (Å²) in [7, 11) is 0. The number of imide groups is 1. The van der Waals surface area contributed by atoms with Gasteiger partial charge in [-0.05, 0) is 54.4 Å². The van der Waals surface area contributed by atoms with Gasteiger partial charge in [0.15, 0.2) is 11.5 Å². The third-order valence-corrected chi connectivity index (χ3v) is 6.36. The number of anilines is 2. The number of halogens is 1. The Labute approximate surface area is 207 Å². The van der Waals surface area contributed by atoms with Crippen LogP contribution in [0.25, 0.3) is 0 Å². The standard InChI is InChI=1S/C26H22ClN3O5/c1-16-7-9-18(12-20(16)27)28-24(31)13-21-25(32)30(19-5-3-2-4-6-19)26(33)29(21)14-17-8-10-22-23(11-17)35-15-34-22/h2-12,21H,13-15H2,1H3,(H,28,31)/t21-/m1/s1. The van der Waals surface area contributed by atoms with Crippen molar-refractivity contribution in [3.63, 3.8) is 0 Å². The van der Waals surface area contributed by atoms with Crippen LogP contribution in [0, 0.1) is 6.92 Å². The van der Waals surface area contributed by atoms with Gasteiger partial charge in [0.05, 0.1) is 12.1 Å². The van der Waals surface area contributed by atoms with Crippen molar-refractivity contribution in [2.24, 2.45) is 0 Å². The van der Waals surface area contributed by atoms with Crippen molar-refractivity contribution >= 4 is 40.8 Å². The van der Waals surface area contributed by atoms with Gasteiger partial charge >= 0.3 is 6.03 Å². The lowest BCUT2D eigenvalue weighted by Gasteiger charge is -2.22. The van der Waals surface area contributed by atoms with E-state index >= 15 is 0 Å². The first-order valence-corrected chi connectivity index (χ1v) is 11.4. The molecule has 35 heavy (non-hydrogen) atoms. The maximum atomic E-state index is 13.4. The number of hydrogen-bond acceptors (Lipinski definition) is 5. The molecule has 5 rings (SSSR count). The second-order valence-corrected chi connectivity index (χ2v) is 8.75. The van der Waals surface area contributed by atoms with Gasteiger partial charge in [0.25, 0.3) is 5.91 Å². The summed E-state index contributed by atoms with van der Waals surface area (Å²) in [6, 6.07) is 17.7. The molecule has 1 atom stereocenters. The Morgan fingerprint density at radius 1 is 1.03 bits per heavy atom. The molecular weight excluding hydrogens is 470 g/mol. The quantitative estimate of drug-likeness (QED) is 0.503. The predicted molar refractivity (Wildman–Crippen MR) is 131 cm³/mol. The fraction of sp³-hybridized carbons (Fsp3) is 0.192. The first kappa shape index (κ1) is 22.7. The van der Waals surface area contributed by atoms with Gasteiger partial charge < -0.3 is 19.7 Å². The van der Waals surface area contributed by atoms with Crippen LogP contribution < -0.4 is 19.7 Å². The topological polar surface area (TPSA) is 88.2 Å². The van der Waals surface area contributed by atoms with Gasteiger partial charge in [-0.1, -0.05) is 41.9 Å². The molecule has 0 saturated carbocycles. The Balaban J connectivity index is 1.41. The first-order valence-electron chi connectivity index (χ1n) is 11.0. The average Bonchev–Trinajstić information content (AvgIpc) is 3.40. The van der Waals surface area contributed by atoms with Crippen LogP contribution in [0.3, 0.4) is 0 Å². The summed E-state index contributed by atoms with van der Waals surface area (Å²) in [4.78, 5) is 42.3. The number of rotatable bonds is 6. The van der Waals surface area contributed by atoms with Crippen molar-refractivity contribution in [3.8, 4) is 11.5 Å². The van der Waals surface area contributed by atoms with Gasteiger partial charge in [0, 0.05) is 17.3 Å². The van der Waals surface area contributed by atoms with Gasteiger partial charge in [-0.2, -0.15) is 0 Å². The highest BCUT2D eigenvalue weighted by Gasteiger charge is 2.46. The second-order valence-electron chi connectivity index (χ2n) is 8.34. The Morgan fingerprint density at radius 3 is 2.57 bits per heavy atom. The number of urea groups is 1.